The van der Waals surface area contributed by atoms with E-state index in [4.69, 9.17) is 9.47 Å². The summed E-state index contributed by atoms with van der Waals surface area (Å²) in [7, 11) is 0. The molecule has 0 aromatic rings. The van der Waals surface area contributed by atoms with Gasteiger partial charge in [0.05, 0.1) is 6.61 Å². The maximum Gasteiger partial charge on any atom is 0.306 e. The average molecular weight is 659 g/mol. The first-order chi connectivity index (χ1) is 23.1. The van der Waals surface area contributed by atoms with Crippen molar-refractivity contribution >= 4 is 11.9 Å². The number of aliphatic hydroxyl groups excluding tert-OH is 1. The Kier molecular flexibility index (Phi) is 36.6. The number of hydrogen-bond donors (Lipinski definition) is 1. The number of ether oxygens (including phenoxy) is 2. The Morgan fingerprint density at radius 1 is 0.511 bits per heavy atom. The van der Waals surface area contributed by atoms with Gasteiger partial charge in [0.1, 0.15) is 6.61 Å². The topological polar surface area (TPSA) is 72.8 Å². The Labute approximate surface area is 290 Å². The Morgan fingerprint density at radius 3 is 1.34 bits per heavy atom. The van der Waals surface area contributed by atoms with Crippen LogP contribution >= 0.6 is 0 Å². The number of allylic oxidation sites excluding steroid dienone is 8. The number of carbonyl (C=O) groups excluding carboxylic acids is 2. The normalized spacial score (nSPS) is 12.7. The molecular weight excluding hydrogens is 584 g/mol. The molecule has 5 nitrogen and oxygen atoms in total. The van der Waals surface area contributed by atoms with Gasteiger partial charge in [0.15, 0.2) is 6.10 Å². The third-order valence-corrected chi connectivity index (χ3v) is 8.40. The molecule has 5 heteroatoms. The second-order valence-corrected chi connectivity index (χ2v) is 13.0. The number of esters is 2. The van der Waals surface area contributed by atoms with Gasteiger partial charge < -0.3 is 14.6 Å². The molecule has 0 aromatic carbocycles. The minimum atomic E-state index is -0.807. The Balaban J connectivity index is 3.58. The van der Waals surface area contributed by atoms with Crippen molar-refractivity contribution in [1.82, 2.24) is 0 Å². The third-order valence-electron chi connectivity index (χ3n) is 8.40. The molecule has 0 radical (unpaired) electrons. The maximum atomic E-state index is 12.1. The zero-order valence-corrected chi connectivity index (χ0v) is 30.8. The van der Waals surface area contributed by atoms with Crippen LogP contribution in [0.1, 0.15) is 187 Å². The molecule has 0 saturated heterocycles. The molecular formula is C42H74O5. The number of hydrogen-bond acceptors (Lipinski definition) is 5. The molecule has 0 saturated carbocycles. The molecule has 1 N–H and O–H groups in total. The quantitative estimate of drug-likeness (QED) is 0.0417. The second-order valence-electron chi connectivity index (χ2n) is 13.0. The van der Waals surface area contributed by atoms with Crippen molar-refractivity contribution < 1.29 is 24.2 Å². The molecule has 272 valence electrons. The smallest absolute Gasteiger partial charge is 0.306 e. The van der Waals surface area contributed by atoms with E-state index in [2.05, 4.69) is 50.3 Å². The first-order valence-electron chi connectivity index (χ1n) is 19.7. The van der Waals surface area contributed by atoms with Crippen molar-refractivity contribution in [2.24, 2.45) is 0 Å². The minimum absolute atomic E-state index is 0.0930. The maximum absolute atomic E-state index is 12.1. The lowest BCUT2D eigenvalue weighted by Gasteiger charge is -2.15. The number of unbranched alkanes of at least 4 members (excludes halogenated alkanes) is 19. The molecule has 0 amide bonds. The molecule has 0 aromatic heterocycles. The van der Waals surface area contributed by atoms with Crippen LogP contribution in [0, 0.1) is 0 Å². The monoisotopic (exact) mass is 659 g/mol. The fourth-order valence-electron chi connectivity index (χ4n) is 5.45. The number of aliphatic hydroxyl groups is 1. The molecule has 0 aliphatic carbocycles. The van der Waals surface area contributed by atoms with Crippen molar-refractivity contribution in [2.75, 3.05) is 13.2 Å². The highest BCUT2D eigenvalue weighted by Crippen LogP contribution is 2.15. The van der Waals surface area contributed by atoms with E-state index in [-0.39, 0.29) is 25.6 Å². The summed E-state index contributed by atoms with van der Waals surface area (Å²) in [5, 5.41) is 9.52. The molecule has 0 spiro atoms. The van der Waals surface area contributed by atoms with Crippen molar-refractivity contribution in [2.45, 2.75) is 193 Å². The Morgan fingerprint density at radius 2 is 0.915 bits per heavy atom. The molecule has 0 rings (SSSR count). The highest BCUT2D eigenvalue weighted by Gasteiger charge is 2.15. The lowest BCUT2D eigenvalue weighted by molar-refractivity contribution is -0.161. The van der Waals surface area contributed by atoms with E-state index < -0.39 is 12.1 Å². The molecule has 0 heterocycles. The summed E-state index contributed by atoms with van der Waals surface area (Å²) >= 11 is 0. The van der Waals surface area contributed by atoms with Crippen molar-refractivity contribution in [3.05, 3.63) is 48.6 Å². The van der Waals surface area contributed by atoms with Crippen LogP contribution in [-0.2, 0) is 19.1 Å². The third kappa shape index (κ3) is 36.5. The van der Waals surface area contributed by atoms with Crippen molar-refractivity contribution in [3.8, 4) is 0 Å². The Bertz CT molecular complexity index is 797. The van der Waals surface area contributed by atoms with Gasteiger partial charge in [-0.1, -0.05) is 184 Å². The summed E-state index contributed by atoms with van der Waals surface area (Å²) in [6, 6.07) is 0. The summed E-state index contributed by atoms with van der Waals surface area (Å²) in [6.45, 7) is 3.96. The molecule has 0 aliphatic heterocycles. The minimum Gasteiger partial charge on any atom is -0.462 e. The highest BCUT2D eigenvalue weighted by atomic mass is 16.6. The lowest BCUT2D eigenvalue weighted by atomic mass is 10.0. The van der Waals surface area contributed by atoms with E-state index in [0.29, 0.717) is 12.8 Å². The molecule has 1 unspecified atom stereocenters. The SMILES string of the molecule is CC/C=C\C/C=C\C/C=C\C/C=C\CCC(=O)OC(CO)COC(=O)CCCCCCCCCCCCCCCCCCCCCC. The highest BCUT2D eigenvalue weighted by molar-refractivity contribution is 5.70. The van der Waals surface area contributed by atoms with Gasteiger partial charge in [0.2, 0.25) is 0 Å². The summed E-state index contributed by atoms with van der Waals surface area (Å²) in [5.74, 6) is -0.682. The van der Waals surface area contributed by atoms with E-state index in [9.17, 15) is 14.7 Å². The standard InChI is InChI=1S/C42H74O5/c1-3-5-7-9-11-13-15-17-18-19-20-21-22-23-25-26-28-30-32-34-36-41(44)46-39-40(38-43)47-42(45)37-35-33-31-29-27-24-16-14-12-10-8-6-4-2/h6,8,12,14,24,27,31,33,40,43H,3-5,7,9-11,13,15-23,25-26,28-30,32,34-39H2,1-2H3/b8-6-,14-12-,27-24-,33-31-. The average Bonchev–Trinajstić information content (AvgIpc) is 3.07. The van der Waals surface area contributed by atoms with Gasteiger partial charge in [-0.3, -0.25) is 9.59 Å². The van der Waals surface area contributed by atoms with Gasteiger partial charge in [0.25, 0.3) is 0 Å². The molecule has 0 aliphatic rings. The first kappa shape index (κ1) is 44.9. The zero-order valence-electron chi connectivity index (χ0n) is 30.8. The van der Waals surface area contributed by atoms with E-state index in [1.54, 1.807) is 0 Å². The number of rotatable bonds is 35. The largest absolute Gasteiger partial charge is 0.462 e. The van der Waals surface area contributed by atoms with Gasteiger partial charge in [0, 0.05) is 12.8 Å². The summed E-state index contributed by atoms with van der Waals surface area (Å²) < 4.78 is 10.5. The summed E-state index contributed by atoms with van der Waals surface area (Å²) in [4.78, 5) is 24.2. The van der Waals surface area contributed by atoms with Crippen LogP contribution in [0.4, 0.5) is 0 Å². The molecule has 47 heavy (non-hydrogen) atoms. The van der Waals surface area contributed by atoms with Crippen LogP contribution in [0.15, 0.2) is 48.6 Å². The fourth-order valence-corrected chi connectivity index (χ4v) is 5.45. The number of carbonyl (C=O) groups is 2. The van der Waals surface area contributed by atoms with Crippen LogP contribution in [0.25, 0.3) is 0 Å². The predicted octanol–water partition coefficient (Wildman–Crippen LogP) is 12.2. The molecule has 0 bridgehead atoms. The summed E-state index contributed by atoms with van der Waals surface area (Å²) in [6.07, 6.45) is 47.7. The van der Waals surface area contributed by atoms with Crippen LogP contribution in [0.5, 0.6) is 0 Å². The molecule has 1 atom stereocenters. The van der Waals surface area contributed by atoms with E-state index in [0.717, 1.165) is 44.9 Å². The lowest BCUT2D eigenvalue weighted by Crippen LogP contribution is -2.28. The Hall–Kier alpha value is -2.14. The van der Waals surface area contributed by atoms with Crippen molar-refractivity contribution in [3.63, 3.8) is 0 Å². The van der Waals surface area contributed by atoms with Gasteiger partial charge in [-0.05, 0) is 38.5 Å². The summed E-state index contributed by atoms with van der Waals surface area (Å²) in [5.41, 5.74) is 0. The second kappa shape index (κ2) is 38.3. The van der Waals surface area contributed by atoms with Gasteiger partial charge in [-0.25, -0.2) is 0 Å². The predicted molar refractivity (Wildman–Crippen MR) is 200 cm³/mol. The van der Waals surface area contributed by atoms with Crippen LogP contribution in [-0.4, -0.2) is 36.4 Å². The van der Waals surface area contributed by atoms with Gasteiger partial charge in [-0.15, -0.1) is 0 Å². The first-order valence-corrected chi connectivity index (χ1v) is 19.7. The van der Waals surface area contributed by atoms with Crippen LogP contribution in [0.2, 0.25) is 0 Å². The van der Waals surface area contributed by atoms with E-state index >= 15 is 0 Å². The zero-order chi connectivity index (χ0) is 34.3. The van der Waals surface area contributed by atoms with E-state index in [1.165, 1.54) is 109 Å². The fraction of sp³-hybridized carbons (Fsp3) is 0.762. The van der Waals surface area contributed by atoms with Crippen LogP contribution < -0.4 is 0 Å². The molecule has 0 fully saturated rings. The van der Waals surface area contributed by atoms with E-state index in [1.807, 2.05) is 12.2 Å². The van der Waals surface area contributed by atoms with Gasteiger partial charge >= 0.3 is 11.9 Å². The van der Waals surface area contributed by atoms with Gasteiger partial charge in [-0.2, -0.15) is 0 Å². The van der Waals surface area contributed by atoms with Crippen molar-refractivity contribution in [1.29, 1.82) is 0 Å². The van der Waals surface area contributed by atoms with Crippen LogP contribution in [0.3, 0.4) is 0 Å².